The molecule has 0 aliphatic heterocycles. The second-order valence-electron chi connectivity index (χ2n) is 5.02. The van der Waals surface area contributed by atoms with Crippen LogP contribution in [0.2, 0.25) is 0 Å². The van der Waals surface area contributed by atoms with Crippen molar-refractivity contribution >= 4 is 11.8 Å². The smallest absolute Gasteiger partial charge is 0.191 e. The third-order valence-corrected chi connectivity index (χ3v) is 4.39. The highest BCUT2D eigenvalue weighted by atomic mass is 32.2. The molecule has 0 saturated carbocycles. The Morgan fingerprint density at radius 2 is 2.23 bits per heavy atom. The van der Waals surface area contributed by atoms with Crippen LogP contribution < -0.4 is 10.7 Å². The molecule has 118 valence electrons. The van der Waals surface area contributed by atoms with Crippen LogP contribution in [0.15, 0.2) is 28.8 Å². The van der Waals surface area contributed by atoms with Crippen molar-refractivity contribution in [2.45, 2.75) is 37.8 Å². The highest BCUT2D eigenvalue weighted by Crippen LogP contribution is 2.22. The van der Waals surface area contributed by atoms with Crippen LogP contribution in [0.5, 0.6) is 0 Å². The van der Waals surface area contributed by atoms with Crippen LogP contribution in [0.1, 0.15) is 22.6 Å². The van der Waals surface area contributed by atoms with Crippen molar-refractivity contribution in [2.75, 3.05) is 7.05 Å². The minimum absolute atomic E-state index is 0.0952. The molecule has 0 aliphatic rings. The molecule has 0 amide bonds. The number of rotatable bonds is 7. The molecule has 0 aromatic carbocycles. The molecule has 0 aliphatic carbocycles. The van der Waals surface area contributed by atoms with Gasteiger partial charge >= 0.3 is 0 Å². The summed E-state index contributed by atoms with van der Waals surface area (Å²) in [5, 5.41) is 12.3. The van der Waals surface area contributed by atoms with Crippen LogP contribution in [0, 0.1) is 13.8 Å². The van der Waals surface area contributed by atoms with Gasteiger partial charge < -0.3 is 14.9 Å². The predicted molar refractivity (Wildman–Crippen MR) is 89.1 cm³/mol. The average Bonchev–Trinajstić information content (AvgIpc) is 2.87. The van der Waals surface area contributed by atoms with E-state index in [-0.39, 0.29) is 5.43 Å². The number of nitrogens with one attached hydrogen (secondary N) is 2. The summed E-state index contributed by atoms with van der Waals surface area (Å²) in [4.78, 5) is 15.2. The molecule has 0 atom stereocenters. The summed E-state index contributed by atoms with van der Waals surface area (Å²) in [5.74, 6) is 1.52. The monoisotopic (exact) mass is 319 g/mol. The molecule has 2 N–H and O–H groups in total. The average molecular weight is 319 g/mol. The Labute approximate surface area is 134 Å². The Hall–Kier alpha value is -1.86. The molecule has 0 spiro atoms. The SMILES string of the molecule is C=CCn1c(CNC)nnc1SCc1[nH]cc(C)c(=O)c1C. The number of aromatic amines is 1. The van der Waals surface area contributed by atoms with Crippen molar-refractivity contribution in [3.8, 4) is 0 Å². The van der Waals surface area contributed by atoms with E-state index < -0.39 is 0 Å². The fraction of sp³-hybridized carbons (Fsp3) is 0.400. The van der Waals surface area contributed by atoms with Gasteiger partial charge in [-0.3, -0.25) is 4.79 Å². The Morgan fingerprint density at radius 3 is 2.91 bits per heavy atom. The largest absolute Gasteiger partial charge is 0.364 e. The maximum absolute atomic E-state index is 12.0. The minimum atomic E-state index is 0.0952. The number of hydrogen-bond acceptors (Lipinski definition) is 5. The summed E-state index contributed by atoms with van der Waals surface area (Å²) in [6.45, 7) is 8.76. The first-order valence-electron chi connectivity index (χ1n) is 7.06. The van der Waals surface area contributed by atoms with Gasteiger partial charge in [0.15, 0.2) is 10.6 Å². The molecular formula is C15H21N5OS. The number of thioether (sulfide) groups is 1. The second kappa shape index (κ2) is 7.42. The van der Waals surface area contributed by atoms with Gasteiger partial charge in [-0.25, -0.2) is 0 Å². The summed E-state index contributed by atoms with van der Waals surface area (Å²) in [6, 6.07) is 0. The molecule has 22 heavy (non-hydrogen) atoms. The fourth-order valence-corrected chi connectivity index (χ4v) is 3.12. The molecule has 0 bridgehead atoms. The van der Waals surface area contributed by atoms with Crippen LogP contribution in [0.25, 0.3) is 0 Å². The van der Waals surface area contributed by atoms with Gasteiger partial charge in [0.25, 0.3) is 0 Å². The molecule has 2 rings (SSSR count). The Morgan fingerprint density at radius 1 is 1.45 bits per heavy atom. The van der Waals surface area contributed by atoms with Crippen LogP contribution in [-0.4, -0.2) is 26.8 Å². The topological polar surface area (TPSA) is 75.6 Å². The Balaban J connectivity index is 2.20. The quantitative estimate of drug-likeness (QED) is 0.601. The lowest BCUT2D eigenvalue weighted by molar-refractivity contribution is 0.646. The van der Waals surface area contributed by atoms with Gasteiger partial charge in [-0.15, -0.1) is 16.8 Å². The first-order chi connectivity index (χ1) is 10.6. The number of aromatic nitrogens is 4. The van der Waals surface area contributed by atoms with Crippen LogP contribution in [-0.2, 0) is 18.8 Å². The molecule has 2 aromatic rings. The number of aryl methyl sites for hydroxylation is 1. The molecule has 6 nitrogen and oxygen atoms in total. The summed E-state index contributed by atoms with van der Waals surface area (Å²) in [7, 11) is 1.88. The number of H-pyrrole nitrogens is 1. The summed E-state index contributed by atoms with van der Waals surface area (Å²) in [6.07, 6.45) is 3.58. The predicted octanol–water partition coefficient (Wildman–Crippen LogP) is 1.78. The Kier molecular flexibility index (Phi) is 5.57. The van der Waals surface area contributed by atoms with Gasteiger partial charge in [0, 0.05) is 35.3 Å². The molecule has 0 radical (unpaired) electrons. The zero-order valence-corrected chi connectivity index (χ0v) is 14.0. The van der Waals surface area contributed by atoms with Crippen molar-refractivity contribution < 1.29 is 0 Å². The standard InChI is InChI=1S/C15H21N5OS/c1-5-6-20-13(8-16-4)18-19-15(20)22-9-12-11(3)14(21)10(2)7-17-12/h5,7,16H,1,6,8-9H2,2-4H3,(H,17,21). The van der Waals surface area contributed by atoms with Crippen LogP contribution in [0.3, 0.4) is 0 Å². The first kappa shape index (κ1) is 16.5. The van der Waals surface area contributed by atoms with Gasteiger partial charge in [0.2, 0.25) is 0 Å². The van der Waals surface area contributed by atoms with Crippen molar-refractivity contribution in [1.82, 2.24) is 25.1 Å². The summed E-state index contributed by atoms with van der Waals surface area (Å²) < 4.78 is 2.02. The van der Waals surface area contributed by atoms with Crippen molar-refractivity contribution in [3.05, 3.63) is 51.7 Å². The van der Waals surface area contributed by atoms with E-state index in [1.807, 2.05) is 31.5 Å². The maximum atomic E-state index is 12.0. The fourth-order valence-electron chi connectivity index (χ4n) is 2.12. The van der Waals surface area contributed by atoms with Gasteiger partial charge in [-0.1, -0.05) is 17.8 Å². The second-order valence-corrected chi connectivity index (χ2v) is 5.96. The van der Waals surface area contributed by atoms with E-state index in [0.29, 0.717) is 18.8 Å². The summed E-state index contributed by atoms with van der Waals surface area (Å²) >= 11 is 1.56. The highest BCUT2D eigenvalue weighted by molar-refractivity contribution is 7.98. The molecule has 2 aromatic heterocycles. The third kappa shape index (κ3) is 3.48. The van der Waals surface area contributed by atoms with E-state index in [4.69, 9.17) is 0 Å². The molecule has 0 fully saturated rings. The molecule has 2 heterocycles. The van der Waals surface area contributed by atoms with E-state index in [0.717, 1.165) is 27.8 Å². The van der Waals surface area contributed by atoms with E-state index in [1.165, 1.54) is 0 Å². The molecule has 0 unspecified atom stereocenters. The van der Waals surface area contributed by atoms with Gasteiger partial charge in [-0.2, -0.15) is 0 Å². The van der Waals surface area contributed by atoms with E-state index in [9.17, 15) is 4.79 Å². The number of allylic oxidation sites excluding steroid dienone is 1. The highest BCUT2D eigenvalue weighted by Gasteiger charge is 2.12. The molecular weight excluding hydrogens is 298 g/mol. The van der Waals surface area contributed by atoms with Gasteiger partial charge in [-0.05, 0) is 20.9 Å². The Bertz CT molecular complexity index is 719. The normalized spacial score (nSPS) is 10.9. The van der Waals surface area contributed by atoms with Crippen molar-refractivity contribution in [3.63, 3.8) is 0 Å². The summed E-state index contributed by atoms with van der Waals surface area (Å²) in [5.41, 5.74) is 2.51. The van der Waals surface area contributed by atoms with E-state index in [1.54, 1.807) is 18.0 Å². The lowest BCUT2D eigenvalue weighted by atomic mass is 10.2. The van der Waals surface area contributed by atoms with Crippen molar-refractivity contribution in [1.29, 1.82) is 0 Å². The molecule has 7 heteroatoms. The van der Waals surface area contributed by atoms with Crippen molar-refractivity contribution in [2.24, 2.45) is 0 Å². The van der Waals surface area contributed by atoms with Crippen LogP contribution >= 0.6 is 11.8 Å². The minimum Gasteiger partial charge on any atom is -0.364 e. The third-order valence-electron chi connectivity index (χ3n) is 3.40. The van der Waals surface area contributed by atoms with Crippen LogP contribution in [0.4, 0.5) is 0 Å². The van der Waals surface area contributed by atoms with Gasteiger partial charge in [0.05, 0.1) is 6.54 Å². The lowest BCUT2D eigenvalue weighted by Gasteiger charge is -2.08. The first-order valence-corrected chi connectivity index (χ1v) is 8.05. The number of hydrogen-bond donors (Lipinski definition) is 2. The maximum Gasteiger partial charge on any atom is 0.191 e. The molecule has 0 saturated heterocycles. The van der Waals surface area contributed by atoms with Gasteiger partial charge in [0.1, 0.15) is 5.82 Å². The lowest BCUT2D eigenvalue weighted by Crippen LogP contribution is -2.13. The zero-order valence-electron chi connectivity index (χ0n) is 13.1. The zero-order chi connectivity index (χ0) is 16.1. The number of nitrogens with zero attached hydrogens (tertiary/aromatic N) is 3. The number of pyridine rings is 1. The van der Waals surface area contributed by atoms with E-state index >= 15 is 0 Å². The van der Waals surface area contributed by atoms with E-state index in [2.05, 4.69) is 27.1 Å².